The minimum atomic E-state index is -0.454. The van der Waals surface area contributed by atoms with Gasteiger partial charge in [-0.15, -0.1) is 0 Å². The number of hydrogen-bond donors (Lipinski definition) is 0. The zero-order valence-corrected chi connectivity index (χ0v) is 14.4. The Morgan fingerprint density at radius 1 is 0.960 bits per heavy atom. The molecule has 1 fully saturated rings. The maximum atomic E-state index is 13.2. The first-order chi connectivity index (χ1) is 12.2. The number of likely N-dealkylation sites (tertiary alicyclic amines) is 1. The van der Waals surface area contributed by atoms with Crippen LogP contribution in [0.3, 0.4) is 0 Å². The van der Waals surface area contributed by atoms with E-state index >= 15 is 0 Å². The summed E-state index contributed by atoms with van der Waals surface area (Å²) in [6, 6.07) is 13.9. The van der Waals surface area contributed by atoms with Gasteiger partial charge >= 0.3 is 0 Å². The molecule has 5 nitrogen and oxygen atoms in total. The highest BCUT2D eigenvalue weighted by Gasteiger charge is 2.36. The van der Waals surface area contributed by atoms with Gasteiger partial charge in [0.1, 0.15) is 17.1 Å². The Morgan fingerprint density at radius 2 is 1.60 bits per heavy atom. The highest BCUT2D eigenvalue weighted by Crippen LogP contribution is 2.32. The van der Waals surface area contributed by atoms with Crippen molar-refractivity contribution in [2.75, 3.05) is 20.8 Å². The van der Waals surface area contributed by atoms with Crippen molar-refractivity contribution < 1.29 is 19.1 Å². The molecule has 1 heterocycles. The van der Waals surface area contributed by atoms with E-state index in [1.807, 2.05) is 18.2 Å². The third kappa shape index (κ3) is 3.22. The standard InChI is InChI=1S/C20H21NO4/c1-24-16-11-6-12-17(25-2)18(16)20(23)21-13-7-10-15(21)19(22)14-8-4-3-5-9-14/h3-6,8-9,11-12,15H,7,10,13H2,1-2H3. The Morgan fingerprint density at radius 3 is 2.20 bits per heavy atom. The molecule has 25 heavy (non-hydrogen) atoms. The van der Waals surface area contributed by atoms with Gasteiger partial charge in [-0.3, -0.25) is 9.59 Å². The largest absolute Gasteiger partial charge is 0.496 e. The molecule has 1 saturated heterocycles. The summed E-state index contributed by atoms with van der Waals surface area (Å²) in [5, 5.41) is 0. The van der Waals surface area contributed by atoms with Crippen LogP contribution < -0.4 is 9.47 Å². The van der Waals surface area contributed by atoms with Crippen molar-refractivity contribution in [2.24, 2.45) is 0 Å². The molecule has 2 aromatic rings. The maximum Gasteiger partial charge on any atom is 0.262 e. The van der Waals surface area contributed by atoms with Crippen molar-refractivity contribution in [3.8, 4) is 11.5 Å². The van der Waals surface area contributed by atoms with Gasteiger partial charge in [0.25, 0.3) is 5.91 Å². The molecule has 130 valence electrons. The molecular formula is C20H21NO4. The summed E-state index contributed by atoms with van der Waals surface area (Å²) in [6.07, 6.45) is 1.46. The predicted molar refractivity (Wildman–Crippen MR) is 94.4 cm³/mol. The van der Waals surface area contributed by atoms with Crippen LogP contribution in [0.1, 0.15) is 33.6 Å². The van der Waals surface area contributed by atoms with Crippen molar-refractivity contribution in [3.05, 3.63) is 59.7 Å². The van der Waals surface area contributed by atoms with Crippen LogP contribution in [0.2, 0.25) is 0 Å². The first-order valence-electron chi connectivity index (χ1n) is 8.28. The minimum absolute atomic E-state index is 0.0275. The molecule has 1 amide bonds. The van der Waals surface area contributed by atoms with E-state index in [9.17, 15) is 9.59 Å². The van der Waals surface area contributed by atoms with Crippen LogP contribution in [-0.4, -0.2) is 43.4 Å². The van der Waals surface area contributed by atoms with Gasteiger partial charge in [0, 0.05) is 12.1 Å². The number of hydrogen-bond acceptors (Lipinski definition) is 4. The monoisotopic (exact) mass is 339 g/mol. The second-order valence-corrected chi connectivity index (χ2v) is 5.92. The number of Topliss-reactive ketones (excluding diaryl/α,β-unsaturated/α-hetero) is 1. The van der Waals surface area contributed by atoms with Crippen LogP contribution in [0.4, 0.5) is 0 Å². The zero-order valence-electron chi connectivity index (χ0n) is 14.4. The molecule has 0 radical (unpaired) electrons. The molecule has 2 aromatic carbocycles. The van der Waals surface area contributed by atoms with Gasteiger partial charge in [0.05, 0.1) is 20.3 Å². The van der Waals surface area contributed by atoms with Gasteiger partial charge < -0.3 is 14.4 Å². The van der Waals surface area contributed by atoms with Crippen LogP contribution >= 0.6 is 0 Å². The van der Waals surface area contributed by atoms with Crippen LogP contribution in [0.5, 0.6) is 11.5 Å². The van der Waals surface area contributed by atoms with Crippen LogP contribution in [0, 0.1) is 0 Å². The van der Waals surface area contributed by atoms with Crippen LogP contribution in [0.25, 0.3) is 0 Å². The van der Waals surface area contributed by atoms with Gasteiger partial charge in [-0.05, 0) is 25.0 Å². The van der Waals surface area contributed by atoms with Crippen molar-refractivity contribution in [1.82, 2.24) is 4.90 Å². The molecule has 3 rings (SSSR count). The van der Waals surface area contributed by atoms with Crippen LogP contribution in [-0.2, 0) is 0 Å². The van der Waals surface area contributed by atoms with Crippen molar-refractivity contribution in [2.45, 2.75) is 18.9 Å². The highest BCUT2D eigenvalue weighted by atomic mass is 16.5. The molecule has 1 unspecified atom stereocenters. The molecule has 0 bridgehead atoms. The highest BCUT2D eigenvalue weighted by molar-refractivity contribution is 6.06. The van der Waals surface area contributed by atoms with Gasteiger partial charge in [-0.2, -0.15) is 0 Å². The van der Waals surface area contributed by atoms with Gasteiger partial charge in [0.15, 0.2) is 5.78 Å². The molecule has 5 heteroatoms. The average Bonchev–Trinajstić information content (AvgIpc) is 3.16. The number of rotatable bonds is 5. The average molecular weight is 339 g/mol. The fourth-order valence-electron chi connectivity index (χ4n) is 3.28. The Hall–Kier alpha value is -2.82. The number of carbonyl (C=O) groups is 2. The maximum absolute atomic E-state index is 13.2. The Balaban J connectivity index is 1.93. The lowest BCUT2D eigenvalue weighted by atomic mass is 10.0. The topological polar surface area (TPSA) is 55.8 Å². The van der Waals surface area contributed by atoms with E-state index in [1.54, 1.807) is 35.2 Å². The van der Waals surface area contributed by atoms with E-state index < -0.39 is 6.04 Å². The lowest BCUT2D eigenvalue weighted by Gasteiger charge is -2.25. The Bertz CT molecular complexity index is 750. The molecular weight excluding hydrogens is 318 g/mol. The summed E-state index contributed by atoms with van der Waals surface area (Å²) < 4.78 is 10.7. The normalized spacial score (nSPS) is 16.6. The first kappa shape index (κ1) is 17.0. The summed E-state index contributed by atoms with van der Waals surface area (Å²) in [4.78, 5) is 27.6. The molecule has 0 spiro atoms. The third-order valence-corrected chi connectivity index (χ3v) is 4.52. The second kappa shape index (κ2) is 7.38. The second-order valence-electron chi connectivity index (χ2n) is 5.92. The zero-order chi connectivity index (χ0) is 17.8. The molecule has 1 aliphatic heterocycles. The SMILES string of the molecule is COc1cccc(OC)c1C(=O)N1CCCC1C(=O)c1ccccc1. The predicted octanol–water partition coefficient (Wildman–Crippen LogP) is 3.19. The smallest absolute Gasteiger partial charge is 0.262 e. The van der Waals surface area contributed by atoms with Gasteiger partial charge in [0.2, 0.25) is 0 Å². The fraction of sp³-hybridized carbons (Fsp3) is 0.300. The van der Waals surface area contributed by atoms with Crippen molar-refractivity contribution in [1.29, 1.82) is 0 Å². The van der Waals surface area contributed by atoms with E-state index in [1.165, 1.54) is 14.2 Å². The third-order valence-electron chi connectivity index (χ3n) is 4.52. The molecule has 0 aliphatic carbocycles. The number of methoxy groups -OCH3 is 2. The lowest BCUT2D eigenvalue weighted by Crippen LogP contribution is -2.40. The van der Waals surface area contributed by atoms with Crippen LogP contribution in [0.15, 0.2) is 48.5 Å². The van der Waals surface area contributed by atoms with E-state index in [2.05, 4.69) is 0 Å². The van der Waals surface area contributed by atoms with E-state index in [0.29, 0.717) is 35.6 Å². The summed E-state index contributed by atoms with van der Waals surface area (Å²) in [7, 11) is 3.03. The van der Waals surface area contributed by atoms with E-state index in [-0.39, 0.29) is 11.7 Å². The Labute approximate surface area is 147 Å². The Kier molecular flexibility index (Phi) is 5.03. The lowest BCUT2D eigenvalue weighted by molar-refractivity contribution is 0.0666. The summed E-state index contributed by atoms with van der Waals surface area (Å²) in [6.45, 7) is 0.545. The molecule has 1 atom stereocenters. The summed E-state index contributed by atoms with van der Waals surface area (Å²) in [5.41, 5.74) is 0.986. The molecule has 0 saturated carbocycles. The number of nitrogens with zero attached hydrogens (tertiary/aromatic N) is 1. The molecule has 0 N–H and O–H groups in total. The van der Waals surface area contributed by atoms with Crippen molar-refractivity contribution in [3.63, 3.8) is 0 Å². The van der Waals surface area contributed by atoms with Crippen molar-refractivity contribution >= 4 is 11.7 Å². The fourth-order valence-corrected chi connectivity index (χ4v) is 3.28. The quantitative estimate of drug-likeness (QED) is 0.785. The number of ether oxygens (including phenoxy) is 2. The summed E-state index contributed by atoms with van der Waals surface area (Å²) in [5.74, 6) is 0.630. The van der Waals surface area contributed by atoms with Gasteiger partial charge in [-0.1, -0.05) is 36.4 Å². The number of carbonyl (C=O) groups excluding carboxylic acids is 2. The van der Waals surface area contributed by atoms with E-state index in [0.717, 1.165) is 6.42 Å². The first-order valence-corrected chi connectivity index (χ1v) is 8.28. The number of ketones is 1. The molecule has 1 aliphatic rings. The minimum Gasteiger partial charge on any atom is -0.496 e. The van der Waals surface area contributed by atoms with E-state index in [4.69, 9.17) is 9.47 Å². The number of benzene rings is 2. The molecule has 0 aromatic heterocycles. The van der Waals surface area contributed by atoms with Gasteiger partial charge in [-0.25, -0.2) is 0 Å². The number of amides is 1. The summed E-state index contributed by atoms with van der Waals surface area (Å²) >= 11 is 0.